The van der Waals surface area contributed by atoms with Gasteiger partial charge < -0.3 is 19.5 Å². The largest absolute Gasteiger partial charge is 0.466 e. The number of benzene rings is 1. The summed E-state index contributed by atoms with van der Waals surface area (Å²) in [7, 11) is -3.13. The molecule has 2 N–H and O–H groups in total. The zero-order chi connectivity index (χ0) is 17.7. The van der Waals surface area contributed by atoms with Gasteiger partial charge in [-0.05, 0) is 37.8 Å². The van der Waals surface area contributed by atoms with Crippen LogP contribution in [0.15, 0.2) is 30.3 Å². The molecule has 24 heavy (non-hydrogen) atoms. The SMILES string of the molecule is O=C(CCP(=O)(OCCCCO)c1ccccc1)OCCCCO. The van der Waals surface area contributed by atoms with Crippen LogP contribution in [-0.4, -0.2) is 48.8 Å². The third kappa shape index (κ3) is 8.06. The lowest BCUT2D eigenvalue weighted by Gasteiger charge is -2.18. The van der Waals surface area contributed by atoms with Crippen molar-refractivity contribution in [2.75, 3.05) is 32.6 Å². The van der Waals surface area contributed by atoms with E-state index in [0.717, 1.165) is 0 Å². The van der Waals surface area contributed by atoms with Gasteiger partial charge in [0, 0.05) is 24.7 Å². The number of ether oxygens (including phenoxy) is 1. The van der Waals surface area contributed by atoms with E-state index in [9.17, 15) is 9.36 Å². The number of esters is 1. The van der Waals surface area contributed by atoms with Crippen LogP contribution in [0.5, 0.6) is 0 Å². The Morgan fingerprint density at radius 1 is 0.958 bits per heavy atom. The molecule has 0 spiro atoms. The molecule has 0 bridgehead atoms. The standard InChI is InChI=1S/C17H27O6P/c18-11-4-6-13-22-17(20)10-15-24(21,23-14-7-5-12-19)16-8-2-1-3-9-16/h1-3,8-9,18-19H,4-7,10-15H2. The highest BCUT2D eigenvalue weighted by atomic mass is 31.2. The fourth-order valence-electron chi connectivity index (χ4n) is 2.06. The Morgan fingerprint density at radius 2 is 1.58 bits per heavy atom. The van der Waals surface area contributed by atoms with Gasteiger partial charge in [-0.3, -0.25) is 9.36 Å². The highest BCUT2D eigenvalue weighted by Gasteiger charge is 2.27. The van der Waals surface area contributed by atoms with E-state index in [4.69, 9.17) is 19.5 Å². The summed E-state index contributed by atoms with van der Waals surface area (Å²) in [6, 6.07) is 8.87. The summed E-state index contributed by atoms with van der Waals surface area (Å²) in [6.45, 7) is 0.673. The maximum atomic E-state index is 13.1. The molecule has 0 aliphatic rings. The Labute approximate surface area is 143 Å². The van der Waals surface area contributed by atoms with Gasteiger partial charge in [-0.15, -0.1) is 0 Å². The van der Waals surface area contributed by atoms with Crippen LogP contribution in [0.1, 0.15) is 32.1 Å². The maximum absolute atomic E-state index is 13.1. The average Bonchev–Trinajstić information content (AvgIpc) is 2.61. The van der Waals surface area contributed by atoms with Crippen LogP contribution in [0, 0.1) is 0 Å². The number of rotatable bonds is 13. The van der Waals surface area contributed by atoms with E-state index in [2.05, 4.69) is 0 Å². The Hall–Kier alpha value is -1.20. The molecule has 1 aromatic rings. The minimum atomic E-state index is -3.13. The Morgan fingerprint density at radius 3 is 2.21 bits per heavy atom. The minimum Gasteiger partial charge on any atom is -0.466 e. The predicted molar refractivity (Wildman–Crippen MR) is 92.7 cm³/mol. The van der Waals surface area contributed by atoms with E-state index >= 15 is 0 Å². The zero-order valence-corrected chi connectivity index (χ0v) is 14.8. The van der Waals surface area contributed by atoms with Gasteiger partial charge in [0.15, 0.2) is 0 Å². The number of aliphatic hydroxyl groups excluding tert-OH is 2. The average molecular weight is 358 g/mol. The summed E-state index contributed by atoms with van der Waals surface area (Å²) in [6.07, 6.45) is 2.50. The van der Waals surface area contributed by atoms with E-state index < -0.39 is 13.3 Å². The Bertz CT molecular complexity index is 505. The lowest BCUT2D eigenvalue weighted by atomic mass is 10.3. The maximum Gasteiger partial charge on any atom is 0.306 e. The normalized spacial score (nSPS) is 13.4. The molecule has 1 unspecified atom stereocenters. The molecule has 0 aliphatic heterocycles. The monoisotopic (exact) mass is 358 g/mol. The Balaban J connectivity index is 2.56. The fourth-order valence-corrected chi connectivity index (χ4v) is 4.12. The lowest BCUT2D eigenvalue weighted by Crippen LogP contribution is -2.15. The molecular weight excluding hydrogens is 331 g/mol. The third-order valence-electron chi connectivity index (χ3n) is 3.43. The summed E-state index contributed by atoms with van der Waals surface area (Å²) < 4.78 is 23.8. The first-order chi connectivity index (χ1) is 11.6. The molecule has 0 saturated carbocycles. The summed E-state index contributed by atoms with van der Waals surface area (Å²) in [5, 5.41) is 18.1. The van der Waals surface area contributed by atoms with Crippen molar-refractivity contribution >= 4 is 18.6 Å². The van der Waals surface area contributed by atoms with Crippen molar-refractivity contribution < 1.29 is 28.8 Å². The van der Waals surface area contributed by atoms with Crippen LogP contribution in [0.2, 0.25) is 0 Å². The zero-order valence-electron chi connectivity index (χ0n) is 13.9. The topological polar surface area (TPSA) is 93.1 Å². The van der Waals surface area contributed by atoms with E-state index in [1.807, 2.05) is 6.07 Å². The van der Waals surface area contributed by atoms with Crippen molar-refractivity contribution in [2.24, 2.45) is 0 Å². The van der Waals surface area contributed by atoms with E-state index in [0.29, 0.717) is 31.0 Å². The second kappa shape index (κ2) is 12.2. The van der Waals surface area contributed by atoms with E-state index in [-0.39, 0.29) is 39.0 Å². The number of aliphatic hydroxyl groups is 2. The fraction of sp³-hybridized carbons (Fsp3) is 0.588. The van der Waals surface area contributed by atoms with Crippen LogP contribution in [0.4, 0.5) is 0 Å². The first-order valence-corrected chi connectivity index (χ1v) is 10.1. The first-order valence-electron chi connectivity index (χ1n) is 8.29. The smallest absolute Gasteiger partial charge is 0.306 e. The van der Waals surface area contributed by atoms with Gasteiger partial charge in [0.1, 0.15) is 0 Å². The Kier molecular flexibility index (Phi) is 10.6. The third-order valence-corrected chi connectivity index (χ3v) is 5.92. The van der Waals surface area contributed by atoms with Gasteiger partial charge >= 0.3 is 5.97 Å². The summed E-state index contributed by atoms with van der Waals surface area (Å²) in [5.74, 6) is -0.414. The van der Waals surface area contributed by atoms with Crippen LogP contribution in [0.3, 0.4) is 0 Å². The molecule has 0 radical (unpaired) electrons. The van der Waals surface area contributed by atoms with Crippen LogP contribution < -0.4 is 5.30 Å². The highest BCUT2D eigenvalue weighted by Crippen LogP contribution is 2.46. The van der Waals surface area contributed by atoms with Gasteiger partial charge in [-0.25, -0.2) is 0 Å². The molecule has 1 rings (SSSR count). The highest BCUT2D eigenvalue weighted by molar-refractivity contribution is 7.67. The van der Waals surface area contributed by atoms with Gasteiger partial charge in [-0.1, -0.05) is 18.2 Å². The van der Waals surface area contributed by atoms with E-state index in [1.165, 1.54) is 0 Å². The van der Waals surface area contributed by atoms with Crippen molar-refractivity contribution in [3.63, 3.8) is 0 Å². The molecule has 0 heterocycles. The molecule has 1 aromatic carbocycles. The molecule has 0 aromatic heterocycles. The number of unbranched alkanes of at least 4 members (excludes halogenated alkanes) is 2. The van der Waals surface area contributed by atoms with Gasteiger partial charge in [0.05, 0.1) is 19.6 Å². The number of hydrogen-bond donors (Lipinski definition) is 2. The van der Waals surface area contributed by atoms with Crippen LogP contribution >= 0.6 is 7.37 Å². The van der Waals surface area contributed by atoms with Gasteiger partial charge in [-0.2, -0.15) is 0 Å². The second-order valence-electron chi connectivity index (χ2n) is 5.40. The molecular formula is C17H27O6P. The molecule has 136 valence electrons. The second-order valence-corrected chi connectivity index (χ2v) is 7.97. The quantitative estimate of drug-likeness (QED) is 0.319. The van der Waals surface area contributed by atoms with Crippen molar-refractivity contribution in [3.8, 4) is 0 Å². The molecule has 6 nitrogen and oxygen atoms in total. The first kappa shape index (κ1) is 20.8. The predicted octanol–water partition coefficient (Wildman–Crippen LogP) is 2.08. The molecule has 0 saturated heterocycles. The summed E-state index contributed by atoms with van der Waals surface area (Å²) in [4.78, 5) is 11.8. The number of carbonyl (C=O) groups is 1. The van der Waals surface area contributed by atoms with Gasteiger partial charge in [0.25, 0.3) is 0 Å². The van der Waals surface area contributed by atoms with Crippen molar-refractivity contribution in [1.82, 2.24) is 0 Å². The molecule has 7 heteroatoms. The minimum absolute atomic E-state index is 0.0191. The van der Waals surface area contributed by atoms with Crippen molar-refractivity contribution in [1.29, 1.82) is 0 Å². The summed E-state index contributed by atoms with van der Waals surface area (Å²) >= 11 is 0. The number of hydrogen-bond acceptors (Lipinski definition) is 6. The molecule has 1 atom stereocenters. The molecule has 0 amide bonds. The van der Waals surface area contributed by atoms with Crippen LogP contribution in [0.25, 0.3) is 0 Å². The van der Waals surface area contributed by atoms with Crippen molar-refractivity contribution in [3.05, 3.63) is 30.3 Å². The number of carbonyl (C=O) groups excluding carboxylic acids is 1. The van der Waals surface area contributed by atoms with Gasteiger partial charge in [0.2, 0.25) is 7.37 Å². The van der Waals surface area contributed by atoms with E-state index in [1.54, 1.807) is 24.3 Å². The molecule has 0 fully saturated rings. The molecule has 0 aliphatic carbocycles. The lowest BCUT2D eigenvalue weighted by molar-refractivity contribution is -0.143. The van der Waals surface area contributed by atoms with Crippen LogP contribution in [-0.2, 0) is 18.6 Å². The van der Waals surface area contributed by atoms with Crippen molar-refractivity contribution in [2.45, 2.75) is 32.1 Å². The summed E-state index contributed by atoms with van der Waals surface area (Å²) in [5.41, 5.74) is 0.